The molecule has 0 aromatic rings. The minimum atomic E-state index is 1.11. The molecule has 0 aromatic carbocycles. The Morgan fingerprint density at radius 3 is 2.53 bits per heavy atom. The highest BCUT2D eigenvalue weighted by Gasteiger charge is 2.09. The van der Waals surface area contributed by atoms with Crippen LogP contribution in [0.1, 0.15) is 32.6 Å². The summed E-state index contributed by atoms with van der Waals surface area (Å²) in [4.78, 5) is 0. The van der Waals surface area contributed by atoms with E-state index in [1.54, 1.807) is 0 Å². The molecule has 0 fully saturated rings. The van der Waals surface area contributed by atoms with E-state index in [4.69, 9.17) is 0 Å². The van der Waals surface area contributed by atoms with Gasteiger partial charge in [-0.25, -0.2) is 0 Å². The largest absolute Gasteiger partial charge is 0.0961 e. The highest BCUT2D eigenvalue weighted by atomic mass is 14.1. The topological polar surface area (TPSA) is 0 Å². The molecule has 0 saturated carbocycles. The first kappa shape index (κ1) is 11.9. The lowest BCUT2D eigenvalue weighted by atomic mass is 9.89. The SMILES string of the molecule is C=C(C)C=CC1=CC=C(C2=CC=CCC2)CC1. The number of rotatable bonds is 3. The summed E-state index contributed by atoms with van der Waals surface area (Å²) in [5.74, 6) is 0. The Morgan fingerprint density at radius 2 is 1.94 bits per heavy atom. The molecule has 0 N–H and O–H groups in total. The van der Waals surface area contributed by atoms with E-state index in [-0.39, 0.29) is 0 Å². The molecule has 0 aromatic heterocycles. The van der Waals surface area contributed by atoms with Gasteiger partial charge in [-0.15, -0.1) is 0 Å². The van der Waals surface area contributed by atoms with Crippen molar-refractivity contribution in [2.24, 2.45) is 0 Å². The first-order chi connectivity index (χ1) is 8.25. The van der Waals surface area contributed by atoms with Gasteiger partial charge < -0.3 is 0 Å². The van der Waals surface area contributed by atoms with Gasteiger partial charge in [0, 0.05) is 0 Å². The summed E-state index contributed by atoms with van der Waals surface area (Å²) in [6.45, 7) is 5.91. The van der Waals surface area contributed by atoms with Gasteiger partial charge in [-0.1, -0.05) is 54.7 Å². The minimum absolute atomic E-state index is 1.11. The molecule has 0 heteroatoms. The van der Waals surface area contributed by atoms with Crippen molar-refractivity contribution < 1.29 is 0 Å². The van der Waals surface area contributed by atoms with Crippen LogP contribution >= 0.6 is 0 Å². The lowest BCUT2D eigenvalue weighted by Gasteiger charge is -2.17. The second-order valence-corrected chi connectivity index (χ2v) is 4.77. The number of hydrogen-bond donors (Lipinski definition) is 0. The van der Waals surface area contributed by atoms with E-state index < -0.39 is 0 Å². The lowest BCUT2D eigenvalue weighted by molar-refractivity contribution is 0.881. The van der Waals surface area contributed by atoms with Gasteiger partial charge in [0.15, 0.2) is 0 Å². The Hall–Kier alpha value is -1.56. The molecule has 0 atom stereocenters. The predicted molar refractivity (Wildman–Crippen MR) is 75.8 cm³/mol. The third-order valence-electron chi connectivity index (χ3n) is 3.19. The van der Waals surface area contributed by atoms with Crippen molar-refractivity contribution in [2.45, 2.75) is 32.6 Å². The first-order valence-electron chi connectivity index (χ1n) is 6.35. The number of hydrogen-bond acceptors (Lipinski definition) is 0. The molecule has 0 nitrogen and oxygen atoms in total. The zero-order valence-electron chi connectivity index (χ0n) is 10.6. The summed E-state index contributed by atoms with van der Waals surface area (Å²) in [5, 5.41) is 0. The molecule has 88 valence electrons. The Kier molecular flexibility index (Phi) is 3.98. The summed E-state index contributed by atoms with van der Waals surface area (Å²) in [6, 6.07) is 0. The molecule has 0 saturated heterocycles. The predicted octanol–water partition coefficient (Wildman–Crippen LogP) is 5.04. The standard InChI is InChI=1S/C17H20/c1-14(2)8-9-15-10-12-17(13-11-15)16-6-4-3-5-7-16/h3-4,6,8-10,12H,1,5,7,11,13H2,2H3. The summed E-state index contributed by atoms with van der Waals surface area (Å²) in [5.41, 5.74) is 5.55. The molecular formula is C17H20. The molecule has 0 radical (unpaired) electrons. The molecule has 0 amide bonds. The van der Waals surface area contributed by atoms with Gasteiger partial charge in [0.05, 0.1) is 0 Å². The van der Waals surface area contributed by atoms with Gasteiger partial charge in [-0.05, 0) is 49.3 Å². The summed E-state index contributed by atoms with van der Waals surface area (Å²) in [7, 11) is 0. The third-order valence-corrected chi connectivity index (χ3v) is 3.19. The van der Waals surface area contributed by atoms with Crippen LogP contribution in [0.5, 0.6) is 0 Å². The highest BCUT2D eigenvalue weighted by Crippen LogP contribution is 2.29. The molecule has 0 heterocycles. The maximum atomic E-state index is 3.88. The molecule has 0 aliphatic heterocycles. The van der Waals surface area contributed by atoms with Crippen LogP contribution in [0.15, 0.2) is 71.4 Å². The second kappa shape index (κ2) is 5.67. The average molecular weight is 224 g/mol. The fourth-order valence-electron chi connectivity index (χ4n) is 2.18. The molecule has 0 unspecified atom stereocenters. The van der Waals surface area contributed by atoms with Gasteiger partial charge in [0.2, 0.25) is 0 Å². The number of allylic oxidation sites excluding steroid dienone is 11. The van der Waals surface area contributed by atoms with Gasteiger partial charge in [-0.2, -0.15) is 0 Å². The van der Waals surface area contributed by atoms with Crippen LogP contribution in [0, 0.1) is 0 Å². The Balaban J connectivity index is 2.07. The van der Waals surface area contributed by atoms with Crippen LogP contribution in [-0.2, 0) is 0 Å². The van der Waals surface area contributed by atoms with Crippen molar-refractivity contribution in [3.05, 3.63) is 71.4 Å². The molecule has 2 aliphatic carbocycles. The van der Waals surface area contributed by atoms with Crippen LogP contribution in [0.4, 0.5) is 0 Å². The monoisotopic (exact) mass is 224 g/mol. The maximum Gasteiger partial charge on any atom is -0.0236 e. The maximum absolute atomic E-state index is 3.88. The first-order valence-corrected chi connectivity index (χ1v) is 6.35. The molecule has 0 bridgehead atoms. The zero-order chi connectivity index (χ0) is 12.1. The van der Waals surface area contributed by atoms with Crippen molar-refractivity contribution in [1.82, 2.24) is 0 Å². The van der Waals surface area contributed by atoms with E-state index in [1.807, 2.05) is 6.92 Å². The molecule has 2 aliphatic rings. The fourth-order valence-corrected chi connectivity index (χ4v) is 2.18. The molecule has 0 spiro atoms. The zero-order valence-corrected chi connectivity index (χ0v) is 10.6. The van der Waals surface area contributed by atoms with Gasteiger partial charge in [-0.3, -0.25) is 0 Å². The van der Waals surface area contributed by atoms with Crippen molar-refractivity contribution in [1.29, 1.82) is 0 Å². The van der Waals surface area contributed by atoms with Gasteiger partial charge in [0.1, 0.15) is 0 Å². The highest BCUT2D eigenvalue weighted by molar-refractivity contribution is 5.43. The molecule has 2 rings (SSSR count). The van der Waals surface area contributed by atoms with Crippen molar-refractivity contribution in [3.63, 3.8) is 0 Å². The smallest absolute Gasteiger partial charge is 0.0236 e. The Bertz CT molecular complexity index is 450. The van der Waals surface area contributed by atoms with E-state index in [0.717, 1.165) is 12.0 Å². The van der Waals surface area contributed by atoms with Crippen LogP contribution in [0.3, 0.4) is 0 Å². The summed E-state index contributed by atoms with van der Waals surface area (Å²) in [6.07, 6.45) is 20.2. The average Bonchev–Trinajstić information content (AvgIpc) is 2.38. The third kappa shape index (κ3) is 3.45. The van der Waals surface area contributed by atoms with Crippen molar-refractivity contribution >= 4 is 0 Å². The van der Waals surface area contributed by atoms with Crippen molar-refractivity contribution in [3.8, 4) is 0 Å². The minimum Gasteiger partial charge on any atom is -0.0961 e. The van der Waals surface area contributed by atoms with E-state index in [9.17, 15) is 0 Å². The summed E-state index contributed by atoms with van der Waals surface area (Å²) >= 11 is 0. The Labute approximate surface area is 104 Å². The molecular weight excluding hydrogens is 204 g/mol. The Morgan fingerprint density at radius 1 is 1.12 bits per heavy atom. The fraction of sp³-hybridized carbons (Fsp3) is 0.294. The van der Waals surface area contributed by atoms with Gasteiger partial charge in [0.25, 0.3) is 0 Å². The van der Waals surface area contributed by atoms with E-state index in [1.165, 1.54) is 36.0 Å². The lowest BCUT2D eigenvalue weighted by Crippen LogP contribution is -1.97. The van der Waals surface area contributed by atoms with Crippen LogP contribution < -0.4 is 0 Å². The van der Waals surface area contributed by atoms with E-state index in [2.05, 4.69) is 49.1 Å². The van der Waals surface area contributed by atoms with Crippen molar-refractivity contribution in [2.75, 3.05) is 0 Å². The van der Waals surface area contributed by atoms with Gasteiger partial charge >= 0.3 is 0 Å². The summed E-state index contributed by atoms with van der Waals surface area (Å²) < 4.78 is 0. The second-order valence-electron chi connectivity index (χ2n) is 4.77. The van der Waals surface area contributed by atoms with Crippen LogP contribution in [0.2, 0.25) is 0 Å². The quantitative estimate of drug-likeness (QED) is 0.589. The van der Waals surface area contributed by atoms with Crippen LogP contribution in [0.25, 0.3) is 0 Å². The normalized spacial score (nSPS) is 19.9. The van der Waals surface area contributed by atoms with Crippen LogP contribution in [-0.4, -0.2) is 0 Å². The van der Waals surface area contributed by atoms with E-state index in [0.29, 0.717) is 0 Å². The molecule has 17 heavy (non-hydrogen) atoms. The van der Waals surface area contributed by atoms with E-state index >= 15 is 0 Å².